The normalized spacial score (nSPS) is 10.9. The number of aromatic nitrogens is 3. The largest absolute Gasteiger partial charge is 0.320 e. The van der Waals surface area contributed by atoms with Crippen molar-refractivity contribution in [1.29, 1.82) is 0 Å². The van der Waals surface area contributed by atoms with Gasteiger partial charge >= 0.3 is 0 Å². The van der Waals surface area contributed by atoms with Crippen LogP contribution in [0.4, 0.5) is 14.5 Å². The predicted octanol–water partition coefficient (Wildman–Crippen LogP) is 2.87. The molecule has 0 saturated heterocycles. The smallest absolute Gasteiger partial charge is 0.235 e. The highest BCUT2D eigenvalue weighted by molar-refractivity contribution is 7.99. The maximum absolute atomic E-state index is 13.4. The van der Waals surface area contributed by atoms with Crippen molar-refractivity contribution in [3.05, 3.63) is 36.2 Å². The summed E-state index contributed by atoms with van der Waals surface area (Å²) in [6.45, 7) is 3.92. The highest BCUT2D eigenvalue weighted by atomic mass is 32.2. The Morgan fingerprint density at radius 2 is 2.05 bits per heavy atom. The minimum Gasteiger partial charge on any atom is -0.320 e. The number of anilines is 1. The van der Waals surface area contributed by atoms with Crippen LogP contribution in [0.2, 0.25) is 0 Å². The summed E-state index contributed by atoms with van der Waals surface area (Å²) in [5, 5.41) is 10.5. The van der Waals surface area contributed by atoms with E-state index in [1.54, 1.807) is 6.33 Å². The third-order valence-electron chi connectivity index (χ3n) is 2.66. The average Bonchev–Trinajstić information content (AvgIpc) is 2.89. The molecule has 1 aromatic heterocycles. The summed E-state index contributed by atoms with van der Waals surface area (Å²) >= 11 is 1.15. The summed E-state index contributed by atoms with van der Waals surface area (Å²) in [6.07, 6.45) is 1.57. The van der Waals surface area contributed by atoms with Crippen LogP contribution in [-0.4, -0.2) is 26.4 Å². The van der Waals surface area contributed by atoms with Gasteiger partial charge in [-0.3, -0.25) is 4.79 Å². The Morgan fingerprint density at radius 1 is 1.38 bits per heavy atom. The van der Waals surface area contributed by atoms with Gasteiger partial charge in [-0.05, 0) is 26.0 Å². The van der Waals surface area contributed by atoms with E-state index in [9.17, 15) is 13.6 Å². The Hall–Kier alpha value is -1.96. The first-order valence-electron chi connectivity index (χ1n) is 6.25. The molecule has 2 aromatic rings. The van der Waals surface area contributed by atoms with E-state index in [2.05, 4.69) is 15.5 Å². The molecule has 0 bridgehead atoms. The molecule has 0 aliphatic rings. The Balaban J connectivity index is 1.98. The van der Waals surface area contributed by atoms with Gasteiger partial charge in [0.25, 0.3) is 0 Å². The Bertz CT molecular complexity index is 625. The molecule has 0 aliphatic carbocycles. The second-order valence-corrected chi connectivity index (χ2v) is 5.49. The van der Waals surface area contributed by atoms with E-state index in [0.29, 0.717) is 5.16 Å². The summed E-state index contributed by atoms with van der Waals surface area (Å²) in [5.74, 6) is -2.14. The van der Waals surface area contributed by atoms with Crippen LogP contribution in [0.15, 0.2) is 29.7 Å². The van der Waals surface area contributed by atoms with E-state index in [0.717, 1.165) is 23.9 Å². The fourth-order valence-corrected chi connectivity index (χ4v) is 2.46. The molecule has 112 valence electrons. The zero-order valence-electron chi connectivity index (χ0n) is 11.5. The van der Waals surface area contributed by atoms with Crippen LogP contribution in [0.5, 0.6) is 0 Å². The first-order valence-corrected chi connectivity index (χ1v) is 7.23. The van der Waals surface area contributed by atoms with Gasteiger partial charge < -0.3 is 9.88 Å². The van der Waals surface area contributed by atoms with Crippen molar-refractivity contribution in [2.24, 2.45) is 0 Å². The van der Waals surface area contributed by atoms with Gasteiger partial charge in [-0.15, -0.1) is 10.2 Å². The van der Waals surface area contributed by atoms with Crippen molar-refractivity contribution in [3.63, 3.8) is 0 Å². The lowest BCUT2D eigenvalue weighted by Crippen LogP contribution is -2.16. The fourth-order valence-electron chi connectivity index (χ4n) is 1.61. The monoisotopic (exact) mass is 312 g/mol. The molecule has 0 radical (unpaired) electrons. The van der Waals surface area contributed by atoms with Crippen molar-refractivity contribution >= 4 is 23.4 Å². The summed E-state index contributed by atoms with van der Waals surface area (Å²) in [4.78, 5) is 11.8. The third-order valence-corrected chi connectivity index (χ3v) is 3.61. The second-order valence-electron chi connectivity index (χ2n) is 4.55. The Labute approximate surface area is 124 Å². The standard InChI is InChI=1S/C13H14F2N4OS/c1-8(2)19-7-16-18-13(19)21-6-11(20)17-12-9(14)4-3-5-10(12)15/h3-5,7-8H,6H2,1-2H3,(H,17,20). The molecule has 1 amide bonds. The van der Waals surface area contributed by atoms with E-state index < -0.39 is 23.2 Å². The molecule has 5 nitrogen and oxygen atoms in total. The third kappa shape index (κ3) is 3.78. The topological polar surface area (TPSA) is 59.8 Å². The van der Waals surface area contributed by atoms with Crippen molar-refractivity contribution in [2.45, 2.75) is 25.0 Å². The van der Waals surface area contributed by atoms with Crippen molar-refractivity contribution in [2.75, 3.05) is 11.1 Å². The number of nitrogens with zero attached hydrogens (tertiary/aromatic N) is 3. The van der Waals surface area contributed by atoms with E-state index in [-0.39, 0.29) is 11.8 Å². The molecule has 21 heavy (non-hydrogen) atoms. The van der Waals surface area contributed by atoms with Crippen LogP contribution in [0.3, 0.4) is 0 Å². The molecule has 1 N–H and O–H groups in total. The van der Waals surface area contributed by atoms with Crippen molar-refractivity contribution < 1.29 is 13.6 Å². The number of nitrogens with one attached hydrogen (secondary N) is 1. The molecule has 0 saturated carbocycles. The first-order chi connectivity index (χ1) is 9.99. The lowest BCUT2D eigenvalue weighted by atomic mass is 10.3. The lowest BCUT2D eigenvalue weighted by molar-refractivity contribution is -0.113. The molecule has 1 heterocycles. The quantitative estimate of drug-likeness (QED) is 0.863. The zero-order valence-corrected chi connectivity index (χ0v) is 12.3. The number of hydrogen-bond acceptors (Lipinski definition) is 4. The molecule has 8 heteroatoms. The van der Waals surface area contributed by atoms with Crippen LogP contribution in [0, 0.1) is 11.6 Å². The maximum Gasteiger partial charge on any atom is 0.235 e. The zero-order chi connectivity index (χ0) is 15.4. The van der Waals surface area contributed by atoms with Gasteiger partial charge in [-0.25, -0.2) is 8.78 Å². The summed E-state index contributed by atoms with van der Waals surface area (Å²) in [6, 6.07) is 3.57. The number of carbonyl (C=O) groups is 1. The number of hydrogen-bond donors (Lipinski definition) is 1. The SMILES string of the molecule is CC(C)n1cnnc1SCC(=O)Nc1c(F)cccc1F. The average molecular weight is 312 g/mol. The predicted molar refractivity (Wildman–Crippen MR) is 76.1 cm³/mol. The van der Waals surface area contributed by atoms with Crippen LogP contribution in [-0.2, 0) is 4.79 Å². The van der Waals surface area contributed by atoms with Gasteiger partial charge in [-0.1, -0.05) is 17.8 Å². The molecule has 0 atom stereocenters. The number of amides is 1. The fraction of sp³-hybridized carbons (Fsp3) is 0.308. The molecule has 2 rings (SSSR count). The van der Waals surface area contributed by atoms with Gasteiger partial charge in [0.05, 0.1) is 5.75 Å². The van der Waals surface area contributed by atoms with Gasteiger partial charge in [0.1, 0.15) is 23.6 Å². The summed E-state index contributed by atoms with van der Waals surface area (Å²) < 4.78 is 28.6. The van der Waals surface area contributed by atoms with Crippen molar-refractivity contribution in [1.82, 2.24) is 14.8 Å². The minimum absolute atomic E-state index is 0.0147. The Kier molecular flexibility index (Phi) is 4.89. The molecule has 0 fully saturated rings. The van der Waals surface area contributed by atoms with Crippen LogP contribution in [0.1, 0.15) is 19.9 Å². The minimum atomic E-state index is -0.807. The summed E-state index contributed by atoms with van der Waals surface area (Å²) in [7, 11) is 0. The van der Waals surface area contributed by atoms with Crippen LogP contribution in [0.25, 0.3) is 0 Å². The number of carbonyl (C=O) groups excluding carboxylic acids is 1. The van der Waals surface area contributed by atoms with Crippen LogP contribution < -0.4 is 5.32 Å². The van der Waals surface area contributed by atoms with Crippen molar-refractivity contribution in [3.8, 4) is 0 Å². The summed E-state index contributed by atoms with van der Waals surface area (Å²) in [5.41, 5.74) is -0.437. The van der Waals surface area contributed by atoms with E-state index >= 15 is 0 Å². The number of halogens is 2. The second kappa shape index (κ2) is 6.66. The van der Waals surface area contributed by atoms with E-state index in [1.165, 1.54) is 6.07 Å². The molecule has 0 aliphatic heterocycles. The molecule has 0 spiro atoms. The lowest BCUT2D eigenvalue weighted by Gasteiger charge is -2.10. The Morgan fingerprint density at radius 3 is 2.67 bits per heavy atom. The number of para-hydroxylation sites is 1. The highest BCUT2D eigenvalue weighted by Crippen LogP contribution is 2.21. The van der Waals surface area contributed by atoms with E-state index in [1.807, 2.05) is 18.4 Å². The molecular formula is C13H14F2N4OS. The maximum atomic E-state index is 13.4. The van der Waals surface area contributed by atoms with Gasteiger partial charge in [-0.2, -0.15) is 0 Å². The van der Waals surface area contributed by atoms with Gasteiger partial charge in [0.15, 0.2) is 5.16 Å². The number of benzene rings is 1. The number of rotatable bonds is 5. The molecular weight excluding hydrogens is 298 g/mol. The van der Waals surface area contributed by atoms with Crippen LogP contribution >= 0.6 is 11.8 Å². The molecule has 0 unspecified atom stereocenters. The highest BCUT2D eigenvalue weighted by Gasteiger charge is 2.14. The van der Waals surface area contributed by atoms with Gasteiger partial charge in [0, 0.05) is 6.04 Å². The van der Waals surface area contributed by atoms with Gasteiger partial charge in [0.2, 0.25) is 5.91 Å². The molecule has 1 aromatic carbocycles. The van der Waals surface area contributed by atoms with E-state index in [4.69, 9.17) is 0 Å². The number of thioether (sulfide) groups is 1. The first kappa shape index (κ1) is 15.4.